The topological polar surface area (TPSA) is 38.3 Å². The Labute approximate surface area is 124 Å². The van der Waals surface area contributed by atoms with Crippen LogP contribution in [0.15, 0.2) is 54.6 Å². The zero-order chi connectivity index (χ0) is 14.5. The van der Waals surface area contributed by atoms with Crippen molar-refractivity contribution >= 4 is 11.6 Å². The minimum absolute atomic E-state index is 0.122. The zero-order valence-electron chi connectivity index (χ0n) is 11.9. The van der Waals surface area contributed by atoms with Crippen molar-refractivity contribution in [2.45, 2.75) is 19.3 Å². The van der Waals surface area contributed by atoms with E-state index in [9.17, 15) is 4.79 Å². The van der Waals surface area contributed by atoms with Gasteiger partial charge in [-0.05, 0) is 30.5 Å². The molecule has 0 aliphatic heterocycles. The van der Waals surface area contributed by atoms with Gasteiger partial charge in [0.15, 0.2) is 0 Å². The van der Waals surface area contributed by atoms with Gasteiger partial charge in [-0.1, -0.05) is 36.4 Å². The number of anilines is 1. The Morgan fingerprint density at radius 3 is 2.67 bits per heavy atom. The van der Waals surface area contributed by atoms with E-state index in [0.717, 1.165) is 30.7 Å². The molecule has 0 spiro atoms. The molecule has 0 radical (unpaired) electrons. The molecule has 0 aromatic heterocycles. The molecule has 2 aromatic carbocycles. The number of nitrogens with one attached hydrogen (secondary N) is 1. The van der Waals surface area contributed by atoms with Crippen LogP contribution in [0.1, 0.15) is 18.4 Å². The van der Waals surface area contributed by atoms with Crippen molar-refractivity contribution in [2.75, 3.05) is 11.9 Å². The maximum Gasteiger partial charge on any atom is 0.227 e. The predicted molar refractivity (Wildman–Crippen MR) is 83.4 cm³/mol. The fourth-order valence-corrected chi connectivity index (χ4v) is 2.18. The van der Waals surface area contributed by atoms with Crippen molar-refractivity contribution in [2.24, 2.45) is 5.92 Å². The van der Waals surface area contributed by atoms with E-state index in [1.165, 1.54) is 5.56 Å². The lowest BCUT2D eigenvalue weighted by atomic mass is 10.2. The van der Waals surface area contributed by atoms with Crippen LogP contribution >= 0.6 is 0 Å². The molecule has 1 amide bonds. The highest BCUT2D eigenvalue weighted by Gasteiger charge is 2.29. The minimum atomic E-state index is 0.122. The lowest BCUT2D eigenvalue weighted by Gasteiger charge is -2.09. The fraction of sp³-hybridized carbons (Fsp3) is 0.278. The van der Waals surface area contributed by atoms with Gasteiger partial charge in [-0.25, -0.2) is 0 Å². The maximum absolute atomic E-state index is 11.7. The Balaban J connectivity index is 1.52. The Morgan fingerprint density at radius 2 is 1.90 bits per heavy atom. The molecule has 0 unspecified atom stereocenters. The van der Waals surface area contributed by atoms with Crippen molar-refractivity contribution in [3.8, 4) is 5.75 Å². The minimum Gasteiger partial charge on any atom is -0.493 e. The molecular weight excluding hydrogens is 262 g/mol. The number of amides is 1. The Bertz CT molecular complexity index is 606. The molecule has 1 aliphatic carbocycles. The molecule has 0 heterocycles. The predicted octanol–water partition coefficient (Wildman–Crippen LogP) is 3.66. The second-order valence-corrected chi connectivity index (χ2v) is 5.38. The van der Waals surface area contributed by atoms with E-state index >= 15 is 0 Å². The van der Waals surface area contributed by atoms with Crippen molar-refractivity contribution in [1.29, 1.82) is 0 Å². The number of carbonyl (C=O) groups is 1. The molecule has 0 saturated heterocycles. The summed E-state index contributed by atoms with van der Waals surface area (Å²) in [6.07, 6.45) is 2.90. The van der Waals surface area contributed by atoms with Crippen LogP contribution in [0.4, 0.5) is 5.69 Å². The summed E-state index contributed by atoms with van der Waals surface area (Å²) < 4.78 is 5.76. The summed E-state index contributed by atoms with van der Waals surface area (Å²) in [6.45, 7) is 0.629. The molecule has 3 heteroatoms. The summed E-state index contributed by atoms with van der Waals surface area (Å²) in [5.74, 6) is 1.13. The lowest BCUT2D eigenvalue weighted by Crippen LogP contribution is -2.13. The van der Waals surface area contributed by atoms with Crippen LogP contribution in [-0.2, 0) is 11.2 Å². The van der Waals surface area contributed by atoms with Gasteiger partial charge >= 0.3 is 0 Å². The van der Waals surface area contributed by atoms with E-state index in [4.69, 9.17) is 4.74 Å². The highest BCUT2D eigenvalue weighted by Crippen LogP contribution is 2.30. The van der Waals surface area contributed by atoms with Crippen LogP contribution in [0.3, 0.4) is 0 Å². The lowest BCUT2D eigenvalue weighted by molar-refractivity contribution is -0.117. The average Bonchev–Trinajstić information content (AvgIpc) is 3.33. The van der Waals surface area contributed by atoms with Crippen LogP contribution in [0, 0.1) is 5.92 Å². The van der Waals surface area contributed by atoms with Gasteiger partial charge in [0, 0.05) is 24.1 Å². The molecule has 1 saturated carbocycles. The Kier molecular flexibility index (Phi) is 4.20. The van der Waals surface area contributed by atoms with Crippen LogP contribution in [0.5, 0.6) is 5.75 Å². The molecular formula is C18H19NO2. The molecule has 3 nitrogen and oxygen atoms in total. The summed E-state index contributed by atoms with van der Waals surface area (Å²) in [4.78, 5) is 11.7. The highest BCUT2D eigenvalue weighted by atomic mass is 16.5. The SMILES string of the molecule is O=C(Nc1cccc(OCCc2ccccc2)c1)C1CC1. The van der Waals surface area contributed by atoms with E-state index in [1.807, 2.05) is 42.5 Å². The van der Waals surface area contributed by atoms with Crippen molar-refractivity contribution in [3.63, 3.8) is 0 Å². The second kappa shape index (κ2) is 6.44. The van der Waals surface area contributed by atoms with Gasteiger partial charge in [0.25, 0.3) is 0 Å². The summed E-state index contributed by atoms with van der Waals surface area (Å²) in [5, 5.41) is 2.93. The van der Waals surface area contributed by atoms with Gasteiger partial charge in [-0.3, -0.25) is 4.79 Å². The van der Waals surface area contributed by atoms with Crippen LogP contribution < -0.4 is 10.1 Å². The van der Waals surface area contributed by atoms with E-state index in [0.29, 0.717) is 6.61 Å². The largest absolute Gasteiger partial charge is 0.493 e. The van der Waals surface area contributed by atoms with E-state index < -0.39 is 0 Å². The first-order chi connectivity index (χ1) is 10.3. The normalized spacial score (nSPS) is 13.7. The molecule has 3 rings (SSSR count). The zero-order valence-corrected chi connectivity index (χ0v) is 11.9. The summed E-state index contributed by atoms with van der Waals surface area (Å²) in [6, 6.07) is 17.8. The van der Waals surface area contributed by atoms with Gasteiger partial charge in [0.05, 0.1) is 6.61 Å². The molecule has 108 valence electrons. The van der Waals surface area contributed by atoms with E-state index in [1.54, 1.807) is 0 Å². The number of rotatable bonds is 6. The molecule has 0 atom stereocenters. The van der Waals surface area contributed by atoms with Crippen molar-refractivity contribution < 1.29 is 9.53 Å². The third-order valence-electron chi connectivity index (χ3n) is 3.55. The molecule has 1 fully saturated rings. The smallest absolute Gasteiger partial charge is 0.227 e. The third-order valence-corrected chi connectivity index (χ3v) is 3.55. The van der Waals surface area contributed by atoms with Gasteiger partial charge in [-0.2, -0.15) is 0 Å². The van der Waals surface area contributed by atoms with Gasteiger partial charge < -0.3 is 10.1 Å². The van der Waals surface area contributed by atoms with Crippen molar-refractivity contribution in [1.82, 2.24) is 0 Å². The van der Waals surface area contributed by atoms with Gasteiger partial charge in [0.1, 0.15) is 5.75 Å². The number of hydrogen-bond acceptors (Lipinski definition) is 2. The summed E-state index contributed by atoms with van der Waals surface area (Å²) in [7, 11) is 0. The average molecular weight is 281 g/mol. The number of ether oxygens (including phenoxy) is 1. The van der Waals surface area contributed by atoms with Crippen molar-refractivity contribution in [3.05, 3.63) is 60.2 Å². The molecule has 1 aliphatic rings. The van der Waals surface area contributed by atoms with E-state index in [-0.39, 0.29) is 11.8 Å². The summed E-state index contributed by atoms with van der Waals surface area (Å²) in [5.41, 5.74) is 2.07. The third kappa shape index (κ3) is 4.09. The number of benzene rings is 2. The maximum atomic E-state index is 11.7. The van der Waals surface area contributed by atoms with E-state index in [2.05, 4.69) is 17.4 Å². The Hall–Kier alpha value is -2.29. The molecule has 2 aromatic rings. The first-order valence-corrected chi connectivity index (χ1v) is 7.39. The fourth-order valence-electron chi connectivity index (χ4n) is 2.18. The number of carbonyl (C=O) groups excluding carboxylic acids is 1. The van der Waals surface area contributed by atoms with Crippen LogP contribution in [-0.4, -0.2) is 12.5 Å². The monoisotopic (exact) mass is 281 g/mol. The molecule has 21 heavy (non-hydrogen) atoms. The molecule has 1 N–H and O–H groups in total. The first kappa shape index (κ1) is 13.7. The first-order valence-electron chi connectivity index (χ1n) is 7.39. The van der Waals surface area contributed by atoms with Crippen LogP contribution in [0.25, 0.3) is 0 Å². The Morgan fingerprint density at radius 1 is 1.10 bits per heavy atom. The number of hydrogen-bond donors (Lipinski definition) is 1. The highest BCUT2D eigenvalue weighted by molar-refractivity contribution is 5.94. The second-order valence-electron chi connectivity index (χ2n) is 5.38. The standard InChI is InChI=1S/C18H19NO2/c20-18(15-9-10-15)19-16-7-4-8-17(13-16)21-12-11-14-5-2-1-3-6-14/h1-8,13,15H,9-12H2,(H,19,20). The summed E-state index contributed by atoms with van der Waals surface area (Å²) >= 11 is 0. The van der Waals surface area contributed by atoms with Gasteiger partial charge in [0.2, 0.25) is 5.91 Å². The molecule has 0 bridgehead atoms. The van der Waals surface area contributed by atoms with Crippen LogP contribution in [0.2, 0.25) is 0 Å². The quantitative estimate of drug-likeness (QED) is 0.877. The van der Waals surface area contributed by atoms with Gasteiger partial charge in [-0.15, -0.1) is 0 Å².